The summed E-state index contributed by atoms with van der Waals surface area (Å²) in [7, 11) is -3.06. The van der Waals surface area contributed by atoms with Crippen molar-refractivity contribution in [2.45, 2.75) is 25.8 Å². The summed E-state index contributed by atoms with van der Waals surface area (Å²) < 4.78 is 29.3. The third-order valence-electron chi connectivity index (χ3n) is 4.05. The molecule has 2 saturated heterocycles. The number of carbonyl (C=O) groups excluding carboxylic acids is 1. The van der Waals surface area contributed by atoms with E-state index in [0.717, 1.165) is 17.7 Å². The van der Waals surface area contributed by atoms with Crippen LogP contribution in [0.4, 0.5) is 0 Å². The van der Waals surface area contributed by atoms with Crippen LogP contribution in [0.25, 0.3) is 6.08 Å². The number of carbonyl (C=O) groups is 1. The van der Waals surface area contributed by atoms with Gasteiger partial charge in [-0.25, -0.2) is 8.42 Å². The number of sulfone groups is 1. The number of benzene rings is 1. The van der Waals surface area contributed by atoms with Crippen LogP contribution in [0.1, 0.15) is 25.3 Å². The maximum atomic E-state index is 12.7. The minimum Gasteiger partial charge on any atom is -0.494 e. The van der Waals surface area contributed by atoms with Crippen molar-refractivity contribution in [2.75, 3.05) is 18.1 Å². The average Bonchev–Trinajstić information content (AvgIpc) is 3.05. The quantitative estimate of drug-likeness (QED) is 0.562. The summed E-state index contributed by atoms with van der Waals surface area (Å²) in [6, 6.07) is 7.17. The molecule has 2 heterocycles. The highest BCUT2D eigenvalue weighted by Gasteiger charge is 2.42. The van der Waals surface area contributed by atoms with Crippen LogP contribution in [-0.2, 0) is 14.6 Å². The first kappa shape index (κ1) is 18.4. The molecule has 5 nitrogen and oxygen atoms in total. The normalized spacial score (nSPS) is 24.3. The average molecular weight is 398 g/mol. The van der Waals surface area contributed by atoms with Crippen molar-refractivity contribution in [3.63, 3.8) is 0 Å². The summed E-state index contributed by atoms with van der Waals surface area (Å²) in [6.07, 6.45) is 3.18. The maximum absolute atomic E-state index is 12.7. The Balaban J connectivity index is 1.74. The van der Waals surface area contributed by atoms with Gasteiger partial charge in [0.05, 0.1) is 29.1 Å². The van der Waals surface area contributed by atoms with E-state index in [-0.39, 0.29) is 23.5 Å². The van der Waals surface area contributed by atoms with E-state index in [1.54, 1.807) is 6.08 Å². The highest BCUT2D eigenvalue weighted by Crippen LogP contribution is 2.36. The lowest BCUT2D eigenvalue weighted by Gasteiger charge is -2.20. The van der Waals surface area contributed by atoms with Gasteiger partial charge in [-0.05, 0) is 36.6 Å². The van der Waals surface area contributed by atoms with Crippen molar-refractivity contribution in [2.24, 2.45) is 0 Å². The number of nitrogens with zero attached hydrogens (tertiary/aromatic N) is 1. The predicted molar refractivity (Wildman–Crippen MR) is 104 cm³/mol. The van der Waals surface area contributed by atoms with Crippen molar-refractivity contribution in [3.05, 3.63) is 34.7 Å². The van der Waals surface area contributed by atoms with Gasteiger partial charge in [0.25, 0.3) is 5.91 Å². The number of rotatable bonds is 5. The minimum atomic E-state index is -3.06. The second kappa shape index (κ2) is 7.47. The number of thiocarbonyl (C=S) groups is 1. The van der Waals surface area contributed by atoms with Crippen molar-refractivity contribution in [1.82, 2.24) is 4.90 Å². The fourth-order valence-corrected chi connectivity index (χ4v) is 5.91. The van der Waals surface area contributed by atoms with Gasteiger partial charge in [-0.3, -0.25) is 9.69 Å². The number of ether oxygens (including phenoxy) is 1. The summed E-state index contributed by atoms with van der Waals surface area (Å²) in [6.45, 7) is 2.72. The Bertz CT molecular complexity index is 815. The highest BCUT2D eigenvalue weighted by atomic mass is 32.2. The van der Waals surface area contributed by atoms with Gasteiger partial charge in [-0.1, -0.05) is 43.0 Å². The first-order valence-electron chi connectivity index (χ1n) is 8.10. The monoisotopic (exact) mass is 397 g/mol. The van der Waals surface area contributed by atoms with E-state index >= 15 is 0 Å². The summed E-state index contributed by atoms with van der Waals surface area (Å²) in [5, 5.41) is 0. The Morgan fingerprint density at radius 2 is 2.08 bits per heavy atom. The van der Waals surface area contributed by atoms with Gasteiger partial charge in [0.1, 0.15) is 10.1 Å². The molecule has 25 heavy (non-hydrogen) atoms. The standard InChI is InChI=1S/C17H19NO4S3/c1-2-8-22-14-5-3-12(4-6-14)10-15-16(19)18(17(23)24-15)13-7-9-25(20,21)11-13/h3-6,10,13H,2,7-9,11H2,1H3/b15-10+/t13-/m0/s1. The topological polar surface area (TPSA) is 63.7 Å². The van der Waals surface area contributed by atoms with Crippen LogP contribution in [0.3, 0.4) is 0 Å². The lowest BCUT2D eigenvalue weighted by molar-refractivity contribution is -0.123. The SMILES string of the molecule is CCCOc1ccc(/C=C2/SC(=S)N([C@H]3CCS(=O)(=O)C3)C2=O)cc1. The molecule has 0 aliphatic carbocycles. The van der Waals surface area contributed by atoms with E-state index in [2.05, 4.69) is 0 Å². The van der Waals surface area contributed by atoms with E-state index in [1.807, 2.05) is 31.2 Å². The predicted octanol–water partition coefficient (Wildman–Crippen LogP) is 2.86. The smallest absolute Gasteiger partial charge is 0.266 e. The zero-order valence-corrected chi connectivity index (χ0v) is 16.3. The van der Waals surface area contributed by atoms with E-state index in [4.69, 9.17) is 17.0 Å². The van der Waals surface area contributed by atoms with Gasteiger partial charge >= 0.3 is 0 Å². The molecule has 0 saturated carbocycles. The minimum absolute atomic E-state index is 0.00379. The van der Waals surface area contributed by atoms with Gasteiger partial charge in [-0.15, -0.1) is 0 Å². The number of hydrogen-bond donors (Lipinski definition) is 0. The van der Waals surface area contributed by atoms with Crippen LogP contribution in [0.2, 0.25) is 0 Å². The number of amides is 1. The second-order valence-electron chi connectivity index (χ2n) is 6.03. The molecule has 0 N–H and O–H groups in total. The molecule has 2 aliphatic rings. The number of hydrogen-bond acceptors (Lipinski definition) is 6. The molecule has 8 heteroatoms. The summed E-state index contributed by atoms with van der Waals surface area (Å²) in [4.78, 5) is 14.6. The van der Waals surface area contributed by atoms with Crippen LogP contribution < -0.4 is 4.74 Å². The van der Waals surface area contributed by atoms with Crippen LogP contribution in [0.15, 0.2) is 29.2 Å². The van der Waals surface area contributed by atoms with Crippen molar-refractivity contribution < 1.29 is 17.9 Å². The summed E-state index contributed by atoms with van der Waals surface area (Å²) >= 11 is 6.53. The molecule has 3 rings (SSSR count). The van der Waals surface area contributed by atoms with Crippen LogP contribution in [0, 0.1) is 0 Å². The van der Waals surface area contributed by atoms with E-state index in [1.165, 1.54) is 16.7 Å². The van der Waals surface area contributed by atoms with E-state index in [0.29, 0.717) is 22.3 Å². The fraction of sp³-hybridized carbons (Fsp3) is 0.412. The Morgan fingerprint density at radius 1 is 1.36 bits per heavy atom. The molecule has 1 aromatic rings. The van der Waals surface area contributed by atoms with Crippen molar-refractivity contribution in [1.29, 1.82) is 0 Å². The molecule has 2 aliphatic heterocycles. The van der Waals surface area contributed by atoms with Crippen LogP contribution >= 0.6 is 24.0 Å². The summed E-state index contributed by atoms with van der Waals surface area (Å²) in [5.74, 6) is 0.703. The molecule has 0 unspecified atom stereocenters. The van der Waals surface area contributed by atoms with Gasteiger partial charge < -0.3 is 4.74 Å². The third-order valence-corrected chi connectivity index (χ3v) is 7.13. The van der Waals surface area contributed by atoms with E-state index < -0.39 is 9.84 Å². The Kier molecular flexibility index (Phi) is 5.50. The largest absolute Gasteiger partial charge is 0.494 e. The lowest BCUT2D eigenvalue weighted by atomic mass is 10.2. The molecule has 0 bridgehead atoms. The second-order valence-corrected chi connectivity index (χ2v) is 9.93. The molecule has 2 fully saturated rings. The first-order valence-corrected chi connectivity index (χ1v) is 11.1. The molecule has 0 aromatic heterocycles. The molecule has 1 aromatic carbocycles. The lowest BCUT2D eigenvalue weighted by Crippen LogP contribution is -2.39. The molecular weight excluding hydrogens is 378 g/mol. The van der Waals surface area contributed by atoms with Gasteiger partial charge in [0, 0.05) is 0 Å². The van der Waals surface area contributed by atoms with Gasteiger partial charge in [-0.2, -0.15) is 0 Å². The van der Waals surface area contributed by atoms with Crippen LogP contribution in [0.5, 0.6) is 5.75 Å². The molecule has 1 atom stereocenters. The fourth-order valence-electron chi connectivity index (χ4n) is 2.81. The Labute approximate surface area is 157 Å². The molecular formula is C17H19NO4S3. The first-order chi connectivity index (χ1) is 11.9. The van der Waals surface area contributed by atoms with Gasteiger partial charge in [0.15, 0.2) is 9.84 Å². The Hall–Kier alpha value is -1.38. The third kappa shape index (κ3) is 4.24. The molecule has 1 amide bonds. The molecule has 0 radical (unpaired) electrons. The van der Waals surface area contributed by atoms with Crippen LogP contribution in [-0.4, -0.2) is 47.7 Å². The highest BCUT2D eigenvalue weighted by molar-refractivity contribution is 8.26. The zero-order chi connectivity index (χ0) is 18.0. The van der Waals surface area contributed by atoms with E-state index in [9.17, 15) is 13.2 Å². The zero-order valence-electron chi connectivity index (χ0n) is 13.8. The molecule has 0 spiro atoms. The summed E-state index contributed by atoms with van der Waals surface area (Å²) in [5.41, 5.74) is 0.878. The number of thioether (sulfide) groups is 1. The maximum Gasteiger partial charge on any atom is 0.266 e. The van der Waals surface area contributed by atoms with Crippen molar-refractivity contribution in [3.8, 4) is 5.75 Å². The van der Waals surface area contributed by atoms with Crippen molar-refractivity contribution >= 4 is 50.1 Å². The van der Waals surface area contributed by atoms with Gasteiger partial charge in [0.2, 0.25) is 0 Å². The Morgan fingerprint density at radius 3 is 2.68 bits per heavy atom. The molecule has 134 valence electrons.